The van der Waals surface area contributed by atoms with Gasteiger partial charge in [0.15, 0.2) is 0 Å². The van der Waals surface area contributed by atoms with E-state index in [2.05, 4.69) is 39.6 Å². The first-order valence-corrected chi connectivity index (χ1v) is 20.6. The number of aromatic carboxylic acids is 1. The average molecular weight is 759 g/mol. The van der Waals surface area contributed by atoms with Gasteiger partial charge in [-0.1, -0.05) is 109 Å². The van der Waals surface area contributed by atoms with E-state index in [-0.39, 0.29) is 23.9 Å². The fourth-order valence-electron chi connectivity index (χ4n) is 7.22. The van der Waals surface area contributed by atoms with Gasteiger partial charge < -0.3 is 9.67 Å². The molecule has 0 fully saturated rings. The number of carbonyl (C=O) groups is 1. The molecule has 0 amide bonds. The van der Waals surface area contributed by atoms with Crippen molar-refractivity contribution in [3.8, 4) is 11.1 Å². The quantitative estimate of drug-likeness (QED) is 0.109. The van der Waals surface area contributed by atoms with Gasteiger partial charge in [-0.25, -0.2) is 17.9 Å². The Kier molecular flexibility index (Phi) is 11.2. The topological polar surface area (TPSA) is 88.4 Å². The number of thiophene rings is 1. The zero-order valence-corrected chi connectivity index (χ0v) is 31.4. The van der Waals surface area contributed by atoms with E-state index in [1.54, 1.807) is 23.5 Å². The second-order valence-corrected chi connectivity index (χ2v) is 16.1. The molecule has 5 aromatic carbocycles. The molecule has 0 aliphatic rings. The molecule has 0 radical (unpaired) electrons. The van der Waals surface area contributed by atoms with Crippen LogP contribution in [0.4, 0.5) is 0 Å². The van der Waals surface area contributed by atoms with Gasteiger partial charge in [0.05, 0.1) is 17.4 Å². The van der Waals surface area contributed by atoms with E-state index in [9.17, 15) is 18.3 Å². The summed E-state index contributed by atoms with van der Waals surface area (Å²) in [4.78, 5) is 11.4. The fourth-order valence-corrected chi connectivity index (χ4v) is 9.23. The summed E-state index contributed by atoms with van der Waals surface area (Å²) in [5.74, 6) is -1.07. The second kappa shape index (κ2) is 16.4. The van der Waals surface area contributed by atoms with E-state index in [0.29, 0.717) is 11.4 Å². The zero-order chi connectivity index (χ0) is 36.8. The number of sulfonamides is 1. The molecule has 268 valence electrons. The number of fused-ring (bicyclic) bond motifs is 1. The number of carboxylic acid groups (broad SMARTS) is 1. The molecule has 2 heterocycles. The Labute approximate surface area is 319 Å². The molecule has 0 saturated carbocycles. The van der Waals surface area contributed by atoms with Gasteiger partial charge in [-0.2, -0.15) is 11.3 Å². The standard InChI is InChI=1S/C44H39ClN2O4S2/c45-37-22-23-41-40(28-37)39(17-9-10-31-18-20-34(21-19-31)44(48)49)42(47(41)43(32-11-3-1-4-12-32)33-13-5-2-6-14-33)24-26-46-53(50,51)30-36-15-7-8-16-38(36)35-25-27-52-29-35/h1-8,11-16,18-23,25,27-29,43,46H,9-10,17,24,26,30H2,(H,48,49). The highest BCUT2D eigenvalue weighted by molar-refractivity contribution is 7.88. The van der Waals surface area contributed by atoms with Crippen LogP contribution < -0.4 is 4.72 Å². The van der Waals surface area contributed by atoms with Gasteiger partial charge in [-0.05, 0) is 105 Å². The Morgan fingerprint density at radius 1 is 0.792 bits per heavy atom. The van der Waals surface area contributed by atoms with Gasteiger partial charge in [0.2, 0.25) is 10.0 Å². The van der Waals surface area contributed by atoms with Crippen molar-refractivity contribution < 1.29 is 18.3 Å². The molecule has 6 nitrogen and oxygen atoms in total. The summed E-state index contributed by atoms with van der Waals surface area (Å²) >= 11 is 8.26. The lowest BCUT2D eigenvalue weighted by Crippen LogP contribution is -2.28. The molecule has 9 heteroatoms. The number of hydrogen-bond donors (Lipinski definition) is 2. The summed E-state index contributed by atoms with van der Waals surface area (Å²) < 4.78 is 32.7. The molecule has 0 saturated heterocycles. The van der Waals surface area contributed by atoms with Gasteiger partial charge in [-0.15, -0.1) is 0 Å². The van der Waals surface area contributed by atoms with Crippen LogP contribution in [0.25, 0.3) is 22.0 Å². The predicted octanol–water partition coefficient (Wildman–Crippen LogP) is 10.2. The lowest BCUT2D eigenvalue weighted by Gasteiger charge is -2.25. The first-order chi connectivity index (χ1) is 25.8. The zero-order valence-electron chi connectivity index (χ0n) is 29.0. The number of aromatic nitrogens is 1. The van der Waals surface area contributed by atoms with Crippen molar-refractivity contribution in [3.05, 3.63) is 188 Å². The summed E-state index contributed by atoms with van der Waals surface area (Å²) in [5, 5.41) is 15.1. The van der Waals surface area contributed by atoms with Crippen LogP contribution in [0.2, 0.25) is 5.02 Å². The minimum absolute atomic E-state index is 0.123. The Balaban J connectivity index is 1.26. The van der Waals surface area contributed by atoms with Gasteiger partial charge in [-0.3, -0.25) is 0 Å². The SMILES string of the molecule is O=C(O)c1ccc(CCCc2c(CCNS(=O)(=O)Cc3ccccc3-c3ccsc3)n(C(c3ccccc3)c3ccccc3)c3ccc(Cl)cc23)cc1. The molecule has 0 unspecified atom stereocenters. The van der Waals surface area contributed by atoms with E-state index in [1.807, 2.05) is 102 Å². The van der Waals surface area contributed by atoms with Crippen molar-refractivity contribution in [1.82, 2.24) is 9.29 Å². The Morgan fingerprint density at radius 2 is 1.47 bits per heavy atom. The molecule has 0 spiro atoms. The Bertz CT molecular complexity index is 2390. The highest BCUT2D eigenvalue weighted by atomic mass is 35.5. The largest absolute Gasteiger partial charge is 0.478 e. The molecule has 0 aliphatic carbocycles. The number of carboxylic acids is 1. The molecule has 7 rings (SSSR count). The maximum absolute atomic E-state index is 13.7. The number of rotatable bonds is 15. The molecule has 2 N–H and O–H groups in total. The molecular formula is C44H39ClN2O4S2. The summed E-state index contributed by atoms with van der Waals surface area (Å²) in [6.45, 7) is 0.215. The number of nitrogens with zero attached hydrogens (tertiary/aromatic N) is 1. The summed E-state index contributed by atoms with van der Waals surface area (Å²) in [6, 6.07) is 43.3. The number of benzene rings is 5. The Hall–Kier alpha value is -4.99. The lowest BCUT2D eigenvalue weighted by molar-refractivity contribution is 0.0697. The van der Waals surface area contributed by atoms with Crippen molar-refractivity contribution in [2.45, 2.75) is 37.5 Å². The molecule has 0 atom stereocenters. The first-order valence-electron chi connectivity index (χ1n) is 17.6. The lowest BCUT2D eigenvalue weighted by atomic mass is 9.97. The minimum Gasteiger partial charge on any atom is -0.478 e. The number of hydrogen-bond acceptors (Lipinski definition) is 4. The van der Waals surface area contributed by atoms with E-state index < -0.39 is 16.0 Å². The molecular weight excluding hydrogens is 720 g/mol. The minimum atomic E-state index is -3.69. The van der Waals surface area contributed by atoms with Crippen LogP contribution in [0, 0.1) is 0 Å². The third kappa shape index (κ3) is 8.47. The van der Waals surface area contributed by atoms with E-state index in [0.717, 1.165) is 74.8 Å². The van der Waals surface area contributed by atoms with Crippen molar-refractivity contribution >= 4 is 49.8 Å². The van der Waals surface area contributed by atoms with E-state index in [1.165, 1.54) is 0 Å². The van der Waals surface area contributed by atoms with Gasteiger partial charge in [0.1, 0.15) is 0 Å². The van der Waals surface area contributed by atoms with Crippen molar-refractivity contribution in [1.29, 1.82) is 0 Å². The fraction of sp³-hybridized carbons (Fsp3) is 0.159. The van der Waals surface area contributed by atoms with Crippen molar-refractivity contribution in [2.24, 2.45) is 0 Å². The van der Waals surface area contributed by atoms with E-state index in [4.69, 9.17) is 11.6 Å². The molecule has 0 aliphatic heterocycles. The van der Waals surface area contributed by atoms with Crippen molar-refractivity contribution in [3.63, 3.8) is 0 Å². The molecule has 7 aromatic rings. The number of halogens is 1. The third-order valence-electron chi connectivity index (χ3n) is 9.64. The van der Waals surface area contributed by atoms with Gasteiger partial charge in [0, 0.05) is 34.6 Å². The van der Waals surface area contributed by atoms with Crippen LogP contribution >= 0.6 is 22.9 Å². The molecule has 2 aromatic heterocycles. The monoisotopic (exact) mass is 758 g/mol. The first kappa shape index (κ1) is 36.4. The second-order valence-electron chi connectivity index (χ2n) is 13.1. The third-order valence-corrected chi connectivity index (χ3v) is 11.9. The van der Waals surface area contributed by atoms with Crippen LogP contribution in [0.3, 0.4) is 0 Å². The number of nitrogens with one attached hydrogen (secondary N) is 1. The van der Waals surface area contributed by atoms with Crippen LogP contribution in [0.5, 0.6) is 0 Å². The van der Waals surface area contributed by atoms with Gasteiger partial charge in [0.25, 0.3) is 0 Å². The molecule has 0 bridgehead atoms. The van der Waals surface area contributed by atoms with Crippen LogP contribution in [-0.2, 0) is 35.0 Å². The van der Waals surface area contributed by atoms with Crippen LogP contribution in [-0.4, -0.2) is 30.6 Å². The van der Waals surface area contributed by atoms with Crippen LogP contribution in [0.1, 0.15) is 56.3 Å². The Morgan fingerprint density at radius 3 is 2.13 bits per heavy atom. The summed E-state index contributed by atoms with van der Waals surface area (Å²) in [7, 11) is -3.69. The number of aryl methyl sites for hydroxylation is 2. The van der Waals surface area contributed by atoms with Gasteiger partial charge >= 0.3 is 5.97 Å². The van der Waals surface area contributed by atoms with Crippen molar-refractivity contribution in [2.75, 3.05) is 6.54 Å². The van der Waals surface area contributed by atoms with E-state index >= 15 is 0 Å². The normalized spacial score (nSPS) is 11.7. The highest BCUT2D eigenvalue weighted by Gasteiger charge is 2.26. The summed E-state index contributed by atoms with van der Waals surface area (Å²) in [5.41, 5.74) is 9.43. The summed E-state index contributed by atoms with van der Waals surface area (Å²) in [6.07, 6.45) is 2.73. The molecule has 53 heavy (non-hydrogen) atoms. The van der Waals surface area contributed by atoms with Crippen LogP contribution in [0.15, 0.2) is 144 Å². The highest BCUT2D eigenvalue weighted by Crippen LogP contribution is 2.38. The maximum Gasteiger partial charge on any atom is 0.335 e. The smallest absolute Gasteiger partial charge is 0.335 e. The maximum atomic E-state index is 13.7. The predicted molar refractivity (Wildman–Crippen MR) is 217 cm³/mol. The average Bonchev–Trinajstić information content (AvgIpc) is 3.80.